The number of nitrogens with zero attached hydrogens (tertiary/aromatic N) is 1. The summed E-state index contributed by atoms with van der Waals surface area (Å²) in [6.45, 7) is 0.878. The normalized spacial score (nSPS) is 31.9. The number of likely N-dealkylation sites (tertiary alicyclic amines) is 1. The van der Waals surface area contributed by atoms with Crippen molar-refractivity contribution in [1.82, 2.24) is 4.90 Å². The van der Waals surface area contributed by atoms with Crippen molar-refractivity contribution in [2.24, 2.45) is 0 Å². The minimum Gasteiger partial charge on any atom is -0.395 e. The van der Waals surface area contributed by atoms with Gasteiger partial charge in [-0.25, -0.2) is 0 Å². The lowest BCUT2D eigenvalue weighted by Gasteiger charge is -2.37. The van der Waals surface area contributed by atoms with Gasteiger partial charge in [-0.15, -0.1) is 8.78 Å². The fourth-order valence-corrected chi connectivity index (χ4v) is 3.86. The molecule has 1 saturated heterocycles. The van der Waals surface area contributed by atoms with E-state index in [1.807, 2.05) is 19.2 Å². The number of hydrogen-bond acceptors (Lipinski definition) is 4. The molecule has 1 fully saturated rings. The van der Waals surface area contributed by atoms with Gasteiger partial charge in [0.25, 0.3) is 0 Å². The Morgan fingerprint density at radius 3 is 2.82 bits per heavy atom. The summed E-state index contributed by atoms with van der Waals surface area (Å²) in [4.78, 5) is 2.13. The van der Waals surface area contributed by atoms with Crippen molar-refractivity contribution in [2.75, 3.05) is 13.6 Å². The molecule has 1 aromatic rings. The van der Waals surface area contributed by atoms with E-state index in [1.165, 1.54) is 0 Å². The zero-order chi connectivity index (χ0) is 15.5. The Kier molecular flexibility index (Phi) is 2.73. The number of aliphatic hydroxyl groups excluding tert-OH is 1. The largest absolute Gasteiger partial charge is 0.586 e. The topological polar surface area (TPSA) is 41.9 Å². The van der Waals surface area contributed by atoms with Gasteiger partial charge in [0.05, 0.1) is 6.10 Å². The SMILES string of the molecule is CN1CC[C@]2(c3ccc4c(c3)OC(F)(F)O4)CC[C@H](O)C=C12. The first kappa shape index (κ1) is 13.8. The highest BCUT2D eigenvalue weighted by atomic mass is 19.3. The van der Waals surface area contributed by atoms with Crippen molar-refractivity contribution in [3.63, 3.8) is 0 Å². The van der Waals surface area contributed by atoms with E-state index in [1.54, 1.807) is 12.1 Å². The van der Waals surface area contributed by atoms with Crippen LogP contribution in [0, 0.1) is 0 Å². The molecule has 0 amide bonds. The predicted octanol–water partition coefficient (Wildman–Crippen LogP) is 2.62. The molecule has 3 aliphatic rings. The number of aliphatic hydroxyl groups is 1. The molecule has 0 radical (unpaired) electrons. The molecule has 0 saturated carbocycles. The van der Waals surface area contributed by atoms with E-state index in [2.05, 4.69) is 14.4 Å². The van der Waals surface area contributed by atoms with E-state index < -0.39 is 12.4 Å². The zero-order valence-electron chi connectivity index (χ0n) is 12.2. The Morgan fingerprint density at radius 2 is 2.00 bits per heavy atom. The van der Waals surface area contributed by atoms with Crippen LogP contribution in [0.5, 0.6) is 11.5 Å². The van der Waals surface area contributed by atoms with Gasteiger partial charge in [-0.1, -0.05) is 6.07 Å². The van der Waals surface area contributed by atoms with Crippen LogP contribution in [0.2, 0.25) is 0 Å². The maximum Gasteiger partial charge on any atom is 0.586 e. The van der Waals surface area contributed by atoms with Gasteiger partial charge >= 0.3 is 6.29 Å². The number of benzene rings is 1. The molecule has 0 unspecified atom stereocenters. The van der Waals surface area contributed by atoms with Crippen molar-refractivity contribution < 1.29 is 23.4 Å². The van der Waals surface area contributed by atoms with Crippen LogP contribution in [-0.2, 0) is 5.41 Å². The average molecular weight is 309 g/mol. The second-order valence-corrected chi connectivity index (χ2v) is 6.24. The van der Waals surface area contributed by atoms with Crippen LogP contribution in [-0.4, -0.2) is 36.0 Å². The number of likely N-dealkylation sites (N-methyl/N-ethyl adjacent to an activating group) is 1. The summed E-state index contributed by atoms with van der Waals surface area (Å²) in [5.41, 5.74) is 1.77. The molecular formula is C16H17F2NO3. The van der Waals surface area contributed by atoms with Gasteiger partial charge in [0, 0.05) is 24.7 Å². The summed E-state index contributed by atoms with van der Waals surface area (Å²) in [6, 6.07) is 5.02. The number of allylic oxidation sites excluding steroid dienone is 1. The molecule has 2 aliphatic heterocycles. The zero-order valence-corrected chi connectivity index (χ0v) is 12.2. The third kappa shape index (κ3) is 1.90. The molecular weight excluding hydrogens is 292 g/mol. The third-order valence-electron chi connectivity index (χ3n) is 4.95. The standard InChI is InChI=1S/C16H17F2NO3/c1-19-7-6-15(5-4-11(20)9-14(15)19)10-2-3-12-13(8-10)22-16(17,18)21-12/h2-3,8-9,11,20H,4-7H2,1H3/t11-,15-/m0/s1. The van der Waals surface area contributed by atoms with E-state index >= 15 is 0 Å². The number of hydrogen-bond donors (Lipinski definition) is 1. The van der Waals surface area contributed by atoms with Gasteiger partial charge in [0.15, 0.2) is 11.5 Å². The van der Waals surface area contributed by atoms with Gasteiger partial charge in [-0.2, -0.15) is 0 Å². The minimum atomic E-state index is -3.59. The molecule has 1 aliphatic carbocycles. The minimum absolute atomic E-state index is 0.0675. The van der Waals surface area contributed by atoms with Gasteiger partial charge in [0.2, 0.25) is 0 Å². The lowest BCUT2D eigenvalue weighted by molar-refractivity contribution is -0.286. The summed E-state index contributed by atoms with van der Waals surface area (Å²) in [5, 5.41) is 9.91. The molecule has 4 rings (SSSR count). The number of ether oxygens (including phenoxy) is 2. The van der Waals surface area contributed by atoms with Gasteiger partial charge in [-0.3, -0.25) is 0 Å². The number of fused-ring (bicyclic) bond motifs is 2. The molecule has 4 nitrogen and oxygen atoms in total. The van der Waals surface area contributed by atoms with E-state index in [0.717, 1.165) is 30.6 Å². The van der Waals surface area contributed by atoms with E-state index in [9.17, 15) is 13.9 Å². The third-order valence-corrected chi connectivity index (χ3v) is 4.95. The van der Waals surface area contributed by atoms with Crippen molar-refractivity contribution in [3.05, 3.63) is 35.5 Å². The van der Waals surface area contributed by atoms with Crippen LogP contribution in [0.1, 0.15) is 24.8 Å². The highest BCUT2D eigenvalue weighted by Crippen LogP contribution is 2.51. The Labute approximate surface area is 126 Å². The molecule has 1 N–H and O–H groups in total. The Balaban J connectivity index is 1.78. The molecule has 0 aromatic heterocycles. The van der Waals surface area contributed by atoms with Gasteiger partial charge < -0.3 is 19.5 Å². The van der Waals surface area contributed by atoms with Crippen LogP contribution in [0.4, 0.5) is 8.78 Å². The lowest BCUT2D eigenvalue weighted by atomic mass is 9.70. The maximum atomic E-state index is 13.2. The van der Waals surface area contributed by atoms with Crippen molar-refractivity contribution in [1.29, 1.82) is 0 Å². The Morgan fingerprint density at radius 1 is 1.23 bits per heavy atom. The number of rotatable bonds is 1. The Hall–Kier alpha value is -1.82. The van der Waals surface area contributed by atoms with Crippen LogP contribution in [0.15, 0.2) is 30.0 Å². The van der Waals surface area contributed by atoms with Crippen LogP contribution < -0.4 is 9.47 Å². The number of halogens is 2. The predicted molar refractivity (Wildman–Crippen MR) is 74.9 cm³/mol. The van der Waals surface area contributed by atoms with Crippen LogP contribution >= 0.6 is 0 Å². The fourth-order valence-electron chi connectivity index (χ4n) is 3.86. The summed E-state index contributed by atoms with van der Waals surface area (Å²) in [6.07, 6.45) is 0.213. The molecule has 118 valence electrons. The Bertz CT molecular complexity index is 661. The monoisotopic (exact) mass is 309 g/mol. The molecule has 2 heterocycles. The highest BCUT2D eigenvalue weighted by molar-refractivity contribution is 5.50. The van der Waals surface area contributed by atoms with Crippen molar-refractivity contribution >= 4 is 0 Å². The summed E-state index contributed by atoms with van der Waals surface area (Å²) in [5.74, 6) is 0.148. The van der Waals surface area contributed by atoms with Gasteiger partial charge in [0.1, 0.15) is 0 Å². The quantitative estimate of drug-likeness (QED) is 0.866. The maximum absolute atomic E-state index is 13.2. The van der Waals surface area contributed by atoms with E-state index in [4.69, 9.17) is 0 Å². The van der Waals surface area contributed by atoms with E-state index in [-0.39, 0.29) is 16.9 Å². The summed E-state index contributed by atoms with van der Waals surface area (Å²) in [7, 11) is 1.99. The molecule has 2 atom stereocenters. The first-order chi connectivity index (χ1) is 10.4. The second kappa shape index (κ2) is 4.35. The van der Waals surface area contributed by atoms with Crippen LogP contribution in [0.3, 0.4) is 0 Å². The highest BCUT2D eigenvalue weighted by Gasteiger charge is 2.48. The van der Waals surface area contributed by atoms with Crippen molar-refractivity contribution in [2.45, 2.75) is 37.1 Å². The first-order valence-electron chi connectivity index (χ1n) is 7.42. The average Bonchev–Trinajstić information content (AvgIpc) is 2.95. The molecule has 6 heteroatoms. The molecule has 22 heavy (non-hydrogen) atoms. The first-order valence-corrected chi connectivity index (χ1v) is 7.42. The van der Waals surface area contributed by atoms with Gasteiger partial charge in [-0.05, 0) is 43.0 Å². The summed E-state index contributed by atoms with van der Waals surface area (Å²) < 4.78 is 35.4. The van der Waals surface area contributed by atoms with E-state index in [0.29, 0.717) is 6.42 Å². The molecule has 1 aromatic carbocycles. The lowest BCUT2D eigenvalue weighted by Crippen LogP contribution is -2.33. The summed E-state index contributed by atoms with van der Waals surface area (Å²) >= 11 is 0. The fraction of sp³-hybridized carbons (Fsp3) is 0.500. The smallest absolute Gasteiger partial charge is 0.395 e. The molecule has 0 bridgehead atoms. The molecule has 0 spiro atoms. The van der Waals surface area contributed by atoms with Crippen molar-refractivity contribution in [3.8, 4) is 11.5 Å². The van der Waals surface area contributed by atoms with Crippen LogP contribution in [0.25, 0.3) is 0 Å². The second-order valence-electron chi connectivity index (χ2n) is 6.24. The number of alkyl halides is 2.